The topological polar surface area (TPSA) is 80.4 Å². The molecular formula is C9H9NO3. The molecule has 4 heteroatoms. The molecule has 0 amide bonds. The van der Waals surface area contributed by atoms with Crippen LogP contribution in [0, 0.1) is 6.92 Å². The second-order valence-corrected chi connectivity index (χ2v) is 2.71. The zero-order valence-corrected chi connectivity index (χ0v) is 7.07. The van der Waals surface area contributed by atoms with E-state index < -0.39 is 11.8 Å². The number of hydrogen-bond acceptors (Lipinski definition) is 3. The fraction of sp³-hybridized carbons (Fsp3) is 0.111. The van der Waals surface area contributed by atoms with Gasteiger partial charge in [-0.15, -0.1) is 0 Å². The second kappa shape index (κ2) is 3.26. The van der Waals surface area contributed by atoms with E-state index in [9.17, 15) is 9.59 Å². The second-order valence-electron chi connectivity index (χ2n) is 2.71. The van der Waals surface area contributed by atoms with Crippen LogP contribution in [0.3, 0.4) is 0 Å². The largest absolute Gasteiger partial charge is 0.475 e. The van der Waals surface area contributed by atoms with Crippen LogP contribution in [0.4, 0.5) is 5.69 Å². The minimum atomic E-state index is -1.45. The highest BCUT2D eigenvalue weighted by molar-refractivity contribution is 6.39. The van der Waals surface area contributed by atoms with Gasteiger partial charge < -0.3 is 10.8 Å². The monoisotopic (exact) mass is 179 g/mol. The van der Waals surface area contributed by atoms with Gasteiger partial charge in [0.2, 0.25) is 0 Å². The molecule has 0 bridgehead atoms. The van der Waals surface area contributed by atoms with Crippen molar-refractivity contribution in [2.45, 2.75) is 6.92 Å². The zero-order valence-electron chi connectivity index (χ0n) is 7.07. The van der Waals surface area contributed by atoms with Gasteiger partial charge >= 0.3 is 5.97 Å². The van der Waals surface area contributed by atoms with Crippen molar-refractivity contribution in [2.24, 2.45) is 0 Å². The number of nitrogens with two attached hydrogens (primary N) is 1. The summed E-state index contributed by atoms with van der Waals surface area (Å²) in [7, 11) is 0. The number of nitrogen functional groups attached to an aromatic ring is 1. The van der Waals surface area contributed by atoms with Crippen LogP contribution in [0.5, 0.6) is 0 Å². The van der Waals surface area contributed by atoms with E-state index in [1.54, 1.807) is 6.92 Å². The summed E-state index contributed by atoms with van der Waals surface area (Å²) in [5.41, 5.74) is 6.90. The molecule has 4 nitrogen and oxygen atoms in total. The lowest BCUT2D eigenvalue weighted by Crippen LogP contribution is -2.12. The van der Waals surface area contributed by atoms with E-state index in [1.807, 2.05) is 0 Å². The first-order valence-electron chi connectivity index (χ1n) is 3.66. The molecular weight excluding hydrogens is 170 g/mol. The van der Waals surface area contributed by atoms with Crippen LogP contribution < -0.4 is 5.73 Å². The van der Waals surface area contributed by atoms with Gasteiger partial charge in [-0.2, -0.15) is 0 Å². The molecule has 0 aromatic heterocycles. The summed E-state index contributed by atoms with van der Waals surface area (Å²) in [5, 5.41) is 8.41. The van der Waals surface area contributed by atoms with Crippen molar-refractivity contribution in [1.29, 1.82) is 0 Å². The minimum Gasteiger partial charge on any atom is -0.475 e. The zero-order chi connectivity index (χ0) is 10.0. The molecule has 0 heterocycles. The number of carbonyl (C=O) groups is 2. The number of ketones is 1. The number of carboxylic acids is 1. The molecule has 0 spiro atoms. The number of carboxylic acid groups (broad SMARTS) is 1. The highest BCUT2D eigenvalue weighted by Gasteiger charge is 2.14. The first-order valence-corrected chi connectivity index (χ1v) is 3.66. The molecule has 0 fully saturated rings. The highest BCUT2D eigenvalue weighted by Crippen LogP contribution is 2.12. The van der Waals surface area contributed by atoms with Gasteiger partial charge in [-0.25, -0.2) is 4.79 Å². The molecule has 3 N–H and O–H groups in total. The summed E-state index contributed by atoms with van der Waals surface area (Å²) >= 11 is 0. The lowest BCUT2D eigenvalue weighted by atomic mass is 10.1. The maximum atomic E-state index is 11.0. The summed E-state index contributed by atoms with van der Waals surface area (Å²) in [6, 6.07) is 4.38. The third-order valence-corrected chi connectivity index (χ3v) is 1.73. The Morgan fingerprint density at radius 1 is 1.38 bits per heavy atom. The summed E-state index contributed by atoms with van der Waals surface area (Å²) in [6.07, 6.45) is 0. The Hall–Kier alpha value is -1.84. The average molecular weight is 179 g/mol. The number of aliphatic carboxylic acids is 1. The van der Waals surface area contributed by atoms with Crippen molar-refractivity contribution >= 4 is 17.4 Å². The third-order valence-electron chi connectivity index (χ3n) is 1.73. The molecule has 1 aromatic rings. The van der Waals surface area contributed by atoms with Gasteiger partial charge in [-0.3, -0.25) is 4.79 Å². The molecule has 0 unspecified atom stereocenters. The predicted molar refractivity (Wildman–Crippen MR) is 47.6 cm³/mol. The van der Waals surface area contributed by atoms with Gasteiger partial charge in [0.15, 0.2) is 0 Å². The Kier molecular flexibility index (Phi) is 2.32. The van der Waals surface area contributed by atoms with Crippen LogP contribution in [0.15, 0.2) is 18.2 Å². The van der Waals surface area contributed by atoms with E-state index in [1.165, 1.54) is 18.2 Å². The van der Waals surface area contributed by atoms with E-state index >= 15 is 0 Å². The maximum Gasteiger partial charge on any atom is 0.377 e. The smallest absolute Gasteiger partial charge is 0.377 e. The summed E-state index contributed by atoms with van der Waals surface area (Å²) in [5.74, 6) is -2.37. The number of hydrogen-bond donors (Lipinski definition) is 2. The Balaban J connectivity index is 3.11. The summed E-state index contributed by atoms with van der Waals surface area (Å²) < 4.78 is 0. The van der Waals surface area contributed by atoms with Crippen molar-refractivity contribution in [3.63, 3.8) is 0 Å². The van der Waals surface area contributed by atoms with E-state index in [0.29, 0.717) is 11.3 Å². The van der Waals surface area contributed by atoms with Crippen LogP contribution in [0.25, 0.3) is 0 Å². The fourth-order valence-electron chi connectivity index (χ4n) is 0.940. The molecule has 1 aromatic carbocycles. The van der Waals surface area contributed by atoms with Crippen LogP contribution in [-0.4, -0.2) is 16.9 Å². The number of carbonyl (C=O) groups excluding carboxylic acids is 1. The van der Waals surface area contributed by atoms with Crippen molar-refractivity contribution in [3.8, 4) is 0 Å². The van der Waals surface area contributed by atoms with E-state index in [0.717, 1.165) is 0 Å². The van der Waals surface area contributed by atoms with Crippen LogP contribution in [0.1, 0.15) is 15.9 Å². The van der Waals surface area contributed by atoms with E-state index in [4.69, 9.17) is 10.8 Å². The van der Waals surface area contributed by atoms with Crippen LogP contribution >= 0.6 is 0 Å². The molecule has 0 aliphatic carbocycles. The number of aryl methyl sites for hydroxylation is 1. The van der Waals surface area contributed by atoms with E-state index in [-0.39, 0.29) is 5.56 Å². The predicted octanol–water partition coefficient (Wildman–Crippen LogP) is 0.845. The fourth-order valence-corrected chi connectivity index (χ4v) is 0.940. The number of rotatable bonds is 2. The lowest BCUT2D eigenvalue weighted by Gasteiger charge is -2.01. The van der Waals surface area contributed by atoms with Gasteiger partial charge in [0.05, 0.1) is 0 Å². The van der Waals surface area contributed by atoms with E-state index in [2.05, 4.69) is 0 Å². The number of Topliss-reactive ketones (excluding diaryl/α,β-unsaturated/α-hetero) is 1. The SMILES string of the molecule is Cc1cc(C(=O)C(=O)O)ccc1N. The van der Waals surface area contributed by atoms with Gasteiger partial charge in [0.25, 0.3) is 5.78 Å². The molecule has 13 heavy (non-hydrogen) atoms. The average Bonchev–Trinajstić information content (AvgIpc) is 2.08. The standard InChI is InChI=1S/C9H9NO3/c1-5-4-6(2-3-7(5)10)8(11)9(12)13/h2-4H,10H2,1H3,(H,12,13). The quantitative estimate of drug-likeness (QED) is 0.400. The van der Waals surface area contributed by atoms with Gasteiger partial charge in [0.1, 0.15) is 0 Å². The third kappa shape index (κ3) is 1.84. The molecule has 0 saturated heterocycles. The maximum absolute atomic E-state index is 11.0. The first-order chi connectivity index (χ1) is 6.02. The Morgan fingerprint density at radius 2 is 2.00 bits per heavy atom. The normalized spacial score (nSPS) is 9.62. The molecule has 1 rings (SSSR count). The summed E-state index contributed by atoms with van der Waals surface area (Å²) in [6.45, 7) is 1.72. The first kappa shape index (κ1) is 9.25. The van der Waals surface area contributed by atoms with Gasteiger partial charge in [0, 0.05) is 11.3 Å². The molecule has 0 atom stereocenters. The van der Waals surface area contributed by atoms with Crippen molar-refractivity contribution in [3.05, 3.63) is 29.3 Å². The van der Waals surface area contributed by atoms with Crippen molar-refractivity contribution in [1.82, 2.24) is 0 Å². The van der Waals surface area contributed by atoms with Crippen LogP contribution in [-0.2, 0) is 4.79 Å². The Labute approximate surface area is 75.0 Å². The minimum absolute atomic E-state index is 0.152. The number of anilines is 1. The molecule has 0 saturated carbocycles. The highest BCUT2D eigenvalue weighted by atomic mass is 16.4. The summed E-state index contributed by atoms with van der Waals surface area (Å²) in [4.78, 5) is 21.3. The lowest BCUT2D eigenvalue weighted by molar-refractivity contribution is -0.131. The van der Waals surface area contributed by atoms with Gasteiger partial charge in [-0.1, -0.05) is 0 Å². The van der Waals surface area contributed by atoms with Gasteiger partial charge in [-0.05, 0) is 30.7 Å². The Bertz CT molecular complexity index is 371. The van der Waals surface area contributed by atoms with Crippen LogP contribution in [0.2, 0.25) is 0 Å². The molecule has 0 radical (unpaired) electrons. The molecule has 68 valence electrons. The number of benzene rings is 1. The Morgan fingerprint density at radius 3 is 2.46 bits per heavy atom. The van der Waals surface area contributed by atoms with Crippen molar-refractivity contribution in [2.75, 3.05) is 5.73 Å². The van der Waals surface area contributed by atoms with Crippen molar-refractivity contribution < 1.29 is 14.7 Å². The molecule has 0 aliphatic heterocycles. The molecule has 0 aliphatic rings.